The third kappa shape index (κ3) is 6.22. The summed E-state index contributed by atoms with van der Waals surface area (Å²) in [5.74, 6) is 0.918. The molecule has 0 saturated carbocycles. The number of methoxy groups -OCH3 is 2. The highest BCUT2D eigenvalue weighted by atomic mass is 19.1. The number of carbonyl (C=O) groups is 2. The Kier molecular flexibility index (Phi) is 8.29. The molecule has 0 saturated heterocycles. The zero-order valence-electron chi connectivity index (χ0n) is 22.7. The number of benzene rings is 4. The zero-order chi connectivity index (χ0) is 28.8. The van der Waals surface area contributed by atoms with Gasteiger partial charge in [0.15, 0.2) is 23.0 Å². The van der Waals surface area contributed by atoms with E-state index in [4.69, 9.17) is 14.2 Å². The first-order valence-electron chi connectivity index (χ1n) is 13.1. The SMILES string of the molecule is COc1ccc(CCNC(=O)c2ccc(C=C3Oc4ccccc4N(Cc4ccccc4F)C3=O)cc2)cc1OC. The molecule has 0 aromatic heterocycles. The smallest absolute Gasteiger partial charge is 0.294 e. The molecule has 208 valence electrons. The second-order valence-corrected chi connectivity index (χ2v) is 9.38. The Balaban J connectivity index is 1.26. The maximum Gasteiger partial charge on any atom is 0.294 e. The Morgan fingerprint density at radius 3 is 2.41 bits per heavy atom. The molecule has 0 aliphatic carbocycles. The van der Waals surface area contributed by atoms with Crippen molar-refractivity contribution in [3.05, 3.63) is 125 Å². The standard InChI is InChI=1S/C33H29FN2O5/c1-39-29-16-13-23(19-30(29)40-2)17-18-35-32(37)24-14-11-22(12-15-24)20-31-33(38)36(21-25-7-3-4-8-26(25)34)27-9-5-6-10-28(27)41-31/h3-16,19-20H,17-18,21H2,1-2H3,(H,35,37). The Hall–Kier alpha value is -5.11. The van der Waals surface area contributed by atoms with Gasteiger partial charge < -0.3 is 19.5 Å². The van der Waals surface area contributed by atoms with Crippen molar-refractivity contribution >= 4 is 23.6 Å². The number of ether oxygens (including phenoxy) is 3. The van der Waals surface area contributed by atoms with E-state index in [2.05, 4.69) is 5.32 Å². The summed E-state index contributed by atoms with van der Waals surface area (Å²) in [5, 5.41) is 2.92. The average Bonchev–Trinajstić information content (AvgIpc) is 3.00. The average molecular weight is 553 g/mol. The van der Waals surface area contributed by atoms with Gasteiger partial charge in [-0.3, -0.25) is 14.5 Å². The van der Waals surface area contributed by atoms with E-state index in [0.29, 0.717) is 52.6 Å². The molecule has 1 aliphatic rings. The molecule has 1 N–H and O–H groups in total. The molecule has 0 bridgehead atoms. The first kappa shape index (κ1) is 27.5. The minimum absolute atomic E-state index is 0.0611. The van der Waals surface area contributed by atoms with Gasteiger partial charge in [-0.05, 0) is 66.1 Å². The zero-order valence-corrected chi connectivity index (χ0v) is 22.7. The second kappa shape index (κ2) is 12.4. The molecular formula is C33H29FN2O5. The Labute approximate surface area is 237 Å². The Morgan fingerprint density at radius 1 is 0.927 bits per heavy atom. The number of nitrogens with zero attached hydrogens (tertiary/aromatic N) is 1. The van der Waals surface area contributed by atoms with Crippen molar-refractivity contribution in [2.75, 3.05) is 25.7 Å². The predicted molar refractivity (Wildman–Crippen MR) is 155 cm³/mol. The van der Waals surface area contributed by atoms with E-state index in [1.165, 1.54) is 11.0 Å². The lowest BCUT2D eigenvalue weighted by molar-refractivity contribution is -0.117. The number of hydrogen-bond donors (Lipinski definition) is 1. The minimum atomic E-state index is -0.385. The fourth-order valence-corrected chi connectivity index (χ4v) is 4.56. The molecule has 0 unspecified atom stereocenters. The number of para-hydroxylation sites is 2. The van der Waals surface area contributed by atoms with E-state index in [-0.39, 0.29) is 29.9 Å². The summed E-state index contributed by atoms with van der Waals surface area (Å²) in [5.41, 5.74) is 3.14. The van der Waals surface area contributed by atoms with Gasteiger partial charge >= 0.3 is 0 Å². The lowest BCUT2D eigenvalue weighted by atomic mass is 10.1. The third-order valence-corrected chi connectivity index (χ3v) is 6.74. The lowest BCUT2D eigenvalue weighted by Crippen LogP contribution is -2.37. The summed E-state index contributed by atoms with van der Waals surface area (Å²) < 4.78 is 30.9. The quantitative estimate of drug-likeness (QED) is 0.266. The van der Waals surface area contributed by atoms with Crippen molar-refractivity contribution in [3.8, 4) is 17.2 Å². The topological polar surface area (TPSA) is 77.1 Å². The monoisotopic (exact) mass is 552 g/mol. The van der Waals surface area contributed by atoms with Gasteiger partial charge in [-0.15, -0.1) is 0 Å². The van der Waals surface area contributed by atoms with Crippen molar-refractivity contribution in [2.24, 2.45) is 0 Å². The maximum absolute atomic E-state index is 14.4. The summed E-state index contributed by atoms with van der Waals surface area (Å²) in [6.07, 6.45) is 2.24. The molecule has 1 aliphatic heterocycles. The highest BCUT2D eigenvalue weighted by Gasteiger charge is 2.30. The van der Waals surface area contributed by atoms with Crippen LogP contribution in [0.3, 0.4) is 0 Å². The van der Waals surface area contributed by atoms with Crippen molar-refractivity contribution < 1.29 is 28.2 Å². The summed E-state index contributed by atoms with van der Waals surface area (Å²) in [4.78, 5) is 27.6. The molecule has 1 heterocycles. The molecule has 0 radical (unpaired) electrons. The van der Waals surface area contributed by atoms with Gasteiger partial charge in [0.1, 0.15) is 5.82 Å². The maximum atomic E-state index is 14.4. The number of rotatable bonds is 9. The van der Waals surface area contributed by atoms with Crippen molar-refractivity contribution in [3.63, 3.8) is 0 Å². The largest absolute Gasteiger partial charge is 0.493 e. The molecule has 7 nitrogen and oxygen atoms in total. The summed E-state index contributed by atoms with van der Waals surface area (Å²) >= 11 is 0. The van der Waals surface area contributed by atoms with E-state index in [1.807, 2.05) is 24.3 Å². The fourth-order valence-electron chi connectivity index (χ4n) is 4.56. The third-order valence-electron chi connectivity index (χ3n) is 6.74. The first-order valence-corrected chi connectivity index (χ1v) is 13.1. The van der Waals surface area contributed by atoms with Crippen molar-refractivity contribution in [1.82, 2.24) is 5.32 Å². The molecule has 5 rings (SSSR count). The van der Waals surface area contributed by atoms with Crippen LogP contribution in [0.25, 0.3) is 6.08 Å². The summed E-state index contributed by atoms with van der Waals surface area (Å²) in [6, 6.07) is 26.0. The van der Waals surface area contributed by atoms with E-state index in [0.717, 1.165) is 5.56 Å². The number of halogens is 1. The Morgan fingerprint density at radius 2 is 1.66 bits per heavy atom. The van der Waals surface area contributed by atoms with Crippen LogP contribution in [0.1, 0.15) is 27.0 Å². The van der Waals surface area contributed by atoms with Crippen LogP contribution in [0.15, 0.2) is 96.8 Å². The number of nitrogens with one attached hydrogen (secondary N) is 1. The fraction of sp³-hybridized carbons (Fsp3) is 0.152. The number of amides is 2. The van der Waals surface area contributed by atoms with Crippen LogP contribution in [0.4, 0.5) is 10.1 Å². The van der Waals surface area contributed by atoms with Gasteiger partial charge in [0, 0.05) is 17.7 Å². The normalized spacial score (nSPS) is 13.4. The van der Waals surface area contributed by atoms with Crippen LogP contribution in [0.2, 0.25) is 0 Å². The molecule has 0 spiro atoms. The molecule has 0 atom stereocenters. The van der Waals surface area contributed by atoms with Gasteiger partial charge in [-0.25, -0.2) is 4.39 Å². The first-order chi connectivity index (χ1) is 20.0. The molecule has 41 heavy (non-hydrogen) atoms. The highest BCUT2D eigenvalue weighted by molar-refractivity contribution is 6.09. The molecule has 8 heteroatoms. The number of carbonyl (C=O) groups excluding carboxylic acids is 2. The van der Waals surface area contributed by atoms with Gasteiger partial charge in [-0.1, -0.05) is 48.5 Å². The van der Waals surface area contributed by atoms with E-state index >= 15 is 0 Å². The molecular weight excluding hydrogens is 523 g/mol. The van der Waals surface area contributed by atoms with Gasteiger partial charge in [-0.2, -0.15) is 0 Å². The minimum Gasteiger partial charge on any atom is -0.493 e. The van der Waals surface area contributed by atoms with E-state index < -0.39 is 0 Å². The second-order valence-electron chi connectivity index (χ2n) is 9.38. The van der Waals surface area contributed by atoms with Crippen LogP contribution in [-0.4, -0.2) is 32.6 Å². The number of hydrogen-bond acceptors (Lipinski definition) is 5. The molecule has 0 fully saturated rings. The highest BCUT2D eigenvalue weighted by Crippen LogP contribution is 2.36. The molecule has 4 aromatic rings. The summed E-state index contributed by atoms with van der Waals surface area (Å²) in [7, 11) is 3.17. The van der Waals surface area contributed by atoms with Crippen molar-refractivity contribution in [1.29, 1.82) is 0 Å². The van der Waals surface area contributed by atoms with Crippen LogP contribution >= 0.6 is 0 Å². The Bertz CT molecular complexity index is 1600. The van der Waals surface area contributed by atoms with Crippen LogP contribution in [0.5, 0.6) is 17.2 Å². The molecule has 4 aromatic carbocycles. The van der Waals surface area contributed by atoms with Crippen LogP contribution in [0, 0.1) is 5.82 Å². The van der Waals surface area contributed by atoms with E-state index in [1.54, 1.807) is 81.0 Å². The van der Waals surface area contributed by atoms with Crippen molar-refractivity contribution in [2.45, 2.75) is 13.0 Å². The lowest BCUT2D eigenvalue weighted by Gasteiger charge is -2.30. The van der Waals surface area contributed by atoms with Gasteiger partial charge in [0.05, 0.1) is 26.5 Å². The predicted octanol–water partition coefficient (Wildman–Crippen LogP) is 5.78. The van der Waals surface area contributed by atoms with E-state index in [9.17, 15) is 14.0 Å². The van der Waals surface area contributed by atoms with Gasteiger partial charge in [0.25, 0.3) is 11.8 Å². The number of anilines is 1. The van der Waals surface area contributed by atoms with Crippen LogP contribution in [-0.2, 0) is 17.8 Å². The molecule has 2 amide bonds. The summed E-state index contributed by atoms with van der Waals surface area (Å²) in [6.45, 7) is 0.505. The number of fused-ring (bicyclic) bond motifs is 1. The van der Waals surface area contributed by atoms with Gasteiger partial charge in [0.2, 0.25) is 0 Å². The van der Waals surface area contributed by atoms with Crippen LogP contribution < -0.4 is 24.4 Å².